The Kier molecular flexibility index (Phi) is 2.85. The van der Waals surface area contributed by atoms with Gasteiger partial charge in [-0.3, -0.25) is 4.68 Å². The van der Waals surface area contributed by atoms with Crippen molar-refractivity contribution in [2.75, 3.05) is 7.11 Å². The molecule has 0 atom stereocenters. The van der Waals surface area contributed by atoms with Crippen LogP contribution in [0, 0.1) is 0 Å². The number of carbonyl (C=O) groups is 1. The van der Waals surface area contributed by atoms with E-state index in [0.29, 0.717) is 5.69 Å². The van der Waals surface area contributed by atoms with Crippen LogP contribution in [-0.2, 0) is 11.3 Å². The molecule has 0 unspecified atom stereocenters. The molecule has 0 spiro atoms. The first-order chi connectivity index (χ1) is 5.77. The van der Waals surface area contributed by atoms with Crippen LogP contribution < -0.4 is 0 Å². The molecule has 1 heterocycles. The van der Waals surface area contributed by atoms with Gasteiger partial charge in [-0.1, -0.05) is 6.92 Å². The van der Waals surface area contributed by atoms with E-state index < -0.39 is 0 Å². The number of esters is 1. The number of carbonyl (C=O) groups excluding carboxylic acids is 1. The number of aromatic nitrogens is 2. The summed E-state index contributed by atoms with van der Waals surface area (Å²) >= 11 is 0. The average molecular weight is 168 g/mol. The van der Waals surface area contributed by atoms with Crippen molar-refractivity contribution in [3.05, 3.63) is 18.0 Å². The Morgan fingerprint density at radius 1 is 1.75 bits per heavy atom. The van der Waals surface area contributed by atoms with Crippen LogP contribution in [0.15, 0.2) is 12.3 Å². The Balaban J connectivity index is 2.70. The smallest absolute Gasteiger partial charge is 0.358 e. The molecule has 0 saturated carbocycles. The van der Waals surface area contributed by atoms with E-state index in [1.807, 2.05) is 0 Å². The second-order valence-electron chi connectivity index (χ2n) is 2.46. The van der Waals surface area contributed by atoms with Gasteiger partial charge in [0.25, 0.3) is 0 Å². The lowest BCUT2D eigenvalue weighted by molar-refractivity contribution is 0.0593. The molecule has 4 heteroatoms. The maximum atomic E-state index is 10.9. The third-order valence-electron chi connectivity index (χ3n) is 1.49. The molecular weight excluding hydrogens is 156 g/mol. The summed E-state index contributed by atoms with van der Waals surface area (Å²) < 4.78 is 6.24. The van der Waals surface area contributed by atoms with Crippen molar-refractivity contribution < 1.29 is 9.53 Å². The number of aryl methyl sites for hydroxylation is 1. The zero-order valence-electron chi connectivity index (χ0n) is 7.28. The minimum absolute atomic E-state index is 0.367. The SMILES string of the molecule is CCCn1ccc(C(=O)OC)n1. The van der Waals surface area contributed by atoms with Crippen LogP contribution in [-0.4, -0.2) is 22.9 Å². The minimum atomic E-state index is -0.384. The maximum Gasteiger partial charge on any atom is 0.358 e. The van der Waals surface area contributed by atoms with Crippen LogP contribution in [0.5, 0.6) is 0 Å². The molecule has 0 aromatic carbocycles. The number of hydrogen-bond acceptors (Lipinski definition) is 3. The van der Waals surface area contributed by atoms with Crippen LogP contribution in [0.4, 0.5) is 0 Å². The molecule has 0 saturated heterocycles. The van der Waals surface area contributed by atoms with Crippen LogP contribution in [0.1, 0.15) is 23.8 Å². The summed E-state index contributed by atoms with van der Waals surface area (Å²) in [5.41, 5.74) is 0.367. The molecule has 0 aliphatic heterocycles. The van der Waals surface area contributed by atoms with E-state index in [0.717, 1.165) is 13.0 Å². The van der Waals surface area contributed by atoms with E-state index in [9.17, 15) is 4.79 Å². The zero-order valence-corrected chi connectivity index (χ0v) is 7.28. The zero-order chi connectivity index (χ0) is 8.97. The molecule has 0 bridgehead atoms. The first kappa shape index (κ1) is 8.77. The van der Waals surface area contributed by atoms with Gasteiger partial charge in [-0.25, -0.2) is 4.79 Å². The lowest BCUT2D eigenvalue weighted by Crippen LogP contribution is -2.04. The normalized spacial score (nSPS) is 9.83. The van der Waals surface area contributed by atoms with Gasteiger partial charge in [0.15, 0.2) is 5.69 Å². The van der Waals surface area contributed by atoms with Crippen LogP contribution in [0.2, 0.25) is 0 Å². The second-order valence-corrected chi connectivity index (χ2v) is 2.46. The van der Waals surface area contributed by atoms with E-state index in [4.69, 9.17) is 0 Å². The highest BCUT2D eigenvalue weighted by Gasteiger charge is 2.07. The van der Waals surface area contributed by atoms with Gasteiger partial charge in [0.2, 0.25) is 0 Å². The standard InChI is InChI=1S/C8H12N2O2/c1-3-5-10-6-4-7(9-10)8(11)12-2/h4,6H,3,5H2,1-2H3. The van der Waals surface area contributed by atoms with Gasteiger partial charge in [0, 0.05) is 12.7 Å². The Bertz CT molecular complexity index is 268. The van der Waals surface area contributed by atoms with Crippen LogP contribution in [0.3, 0.4) is 0 Å². The van der Waals surface area contributed by atoms with Crippen LogP contribution in [0.25, 0.3) is 0 Å². The topological polar surface area (TPSA) is 44.1 Å². The van der Waals surface area contributed by atoms with Gasteiger partial charge < -0.3 is 4.74 Å². The molecule has 1 rings (SSSR count). The molecule has 0 aliphatic rings. The Morgan fingerprint density at radius 3 is 3.08 bits per heavy atom. The highest BCUT2D eigenvalue weighted by Crippen LogP contribution is 1.98. The number of nitrogens with zero attached hydrogens (tertiary/aromatic N) is 2. The van der Waals surface area contributed by atoms with Crippen molar-refractivity contribution >= 4 is 5.97 Å². The van der Waals surface area contributed by atoms with Gasteiger partial charge in [-0.05, 0) is 12.5 Å². The highest BCUT2D eigenvalue weighted by atomic mass is 16.5. The third-order valence-corrected chi connectivity index (χ3v) is 1.49. The van der Waals surface area contributed by atoms with Crippen molar-refractivity contribution in [2.24, 2.45) is 0 Å². The molecule has 0 N–H and O–H groups in total. The Hall–Kier alpha value is -1.32. The fourth-order valence-electron chi connectivity index (χ4n) is 0.929. The summed E-state index contributed by atoms with van der Waals surface area (Å²) in [6.07, 6.45) is 2.78. The summed E-state index contributed by atoms with van der Waals surface area (Å²) in [6.45, 7) is 2.89. The molecular formula is C8H12N2O2. The molecule has 0 fully saturated rings. The molecule has 4 nitrogen and oxygen atoms in total. The predicted octanol–water partition coefficient (Wildman–Crippen LogP) is 1.08. The molecule has 66 valence electrons. The Labute approximate surface area is 71.1 Å². The van der Waals surface area contributed by atoms with E-state index in [1.165, 1.54) is 7.11 Å². The second kappa shape index (κ2) is 3.90. The summed E-state index contributed by atoms with van der Waals surface area (Å²) in [5, 5.41) is 4.01. The molecule has 1 aromatic rings. The van der Waals surface area contributed by atoms with Gasteiger partial charge in [0.1, 0.15) is 0 Å². The average Bonchev–Trinajstić information content (AvgIpc) is 2.52. The lowest BCUT2D eigenvalue weighted by Gasteiger charge is -1.95. The lowest BCUT2D eigenvalue weighted by atomic mass is 10.4. The van der Waals surface area contributed by atoms with E-state index in [1.54, 1.807) is 16.9 Å². The van der Waals surface area contributed by atoms with Crippen molar-refractivity contribution in [3.8, 4) is 0 Å². The maximum absolute atomic E-state index is 10.9. The molecule has 1 aromatic heterocycles. The van der Waals surface area contributed by atoms with E-state index >= 15 is 0 Å². The monoisotopic (exact) mass is 168 g/mol. The highest BCUT2D eigenvalue weighted by molar-refractivity contribution is 5.86. The largest absolute Gasteiger partial charge is 0.464 e. The third kappa shape index (κ3) is 1.84. The Morgan fingerprint density at radius 2 is 2.50 bits per heavy atom. The fraction of sp³-hybridized carbons (Fsp3) is 0.500. The van der Waals surface area contributed by atoms with E-state index in [2.05, 4.69) is 16.8 Å². The number of methoxy groups -OCH3 is 1. The van der Waals surface area contributed by atoms with Crippen molar-refractivity contribution in [1.82, 2.24) is 9.78 Å². The molecule has 0 radical (unpaired) electrons. The molecule has 0 aliphatic carbocycles. The number of ether oxygens (including phenoxy) is 1. The fourth-order valence-corrected chi connectivity index (χ4v) is 0.929. The van der Waals surface area contributed by atoms with Crippen molar-refractivity contribution in [1.29, 1.82) is 0 Å². The summed E-state index contributed by atoms with van der Waals surface area (Å²) in [5.74, 6) is -0.384. The molecule has 12 heavy (non-hydrogen) atoms. The summed E-state index contributed by atoms with van der Waals surface area (Å²) in [4.78, 5) is 10.9. The van der Waals surface area contributed by atoms with E-state index in [-0.39, 0.29) is 5.97 Å². The summed E-state index contributed by atoms with van der Waals surface area (Å²) in [6, 6.07) is 1.65. The number of rotatable bonds is 3. The van der Waals surface area contributed by atoms with Gasteiger partial charge in [-0.15, -0.1) is 0 Å². The first-order valence-corrected chi connectivity index (χ1v) is 3.89. The molecule has 0 amide bonds. The van der Waals surface area contributed by atoms with Gasteiger partial charge in [0.05, 0.1) is 7.11 Å². The number of hydrogen-bond donors (Lipinski definition) is 0. The first-order valence-electron chi connectivity index (χ1n) is 3.89. The van der Waals surface area contributed by atoms with Crippen molar-refractivity contribution in [2.45, 2.75) is 19.9 Å². The predicted molar refractivity (Wildman–Crippen MR) is 43.9 cm³/mol. The van der Waals surface area contributed by atoms with Gasteiger partial charge in [-0.2, -0.15) is 5.10 Å². The van der Waals surface area contributed by atoms with Gasteiger partial charge >= 0.3 is 5.97 Å². The summed E-state index contributed by atoms with van der Waals surface area (Å²) in [7, 11) is 1.35. The quantitative estimate of drug-likeness (QED) is 0.634. The van der Waals surface area contributed by atoms with Crippen molar-refractivity contribution in [3.63, 3.8) is 0 Å². The minimum Gasteiger partial charge on any atom is -0.464 e. The van der Waals surface area contributed by atoms with Crippen LogP contribution >= 0.6 is 0 Å².